The Labute approximate surface area is 198 Å². The van der Waals surface area contributed by atoms with Gasteiger partial charge in [-0.15, -0.1) is 0 Å². The van der Waals surface area contributed by atoms with Crippen molar-refractivity contribution in [3.63, 3.8) is 0 Å². The fraction of sp³-hybridized carbons (Fsp3) is 0.292. The molecule has 4 aromatic rings. The van der Waals surface area contributed by atoms with Gasteiger partial charge in [0, 0.05) is 18.7 Å². The van der Waals surface area contributed by atoms with Gasteiger partial charge in [0.1, 0.15) is 29.3 Å². The van der Waals surface area contributed by atoms with E-state index in [2.05, 4.69) is 9.97 Å². The molecule has 9 nitrogen and oxygen atoms in total. The normalized spacial score (nSPS) is 17.1. The van der Waals surface area contributed by atoms with Crippen LogP contribution in [0, 0.1) is 0 Å². The molecule has 0 spiro atoms. The number of anilines is 1. The summed E-state index contributed by atoms with van der Waals surface area (Å²) in [6, 6.07) is 17.0. The van der Waals surface area contributed by atoms with Gasteiger partial charge in [-0.2, -0.15) is 9.40 Å². The summed E-state index contributed by atoms with van der Waals surface area (Å²) in [5.74, 6) is 1.88. The molecule has 0 bridgehead atoms. The molecule has 2 aromatic carbocycles. The van der Waals surface area contributed by atoms with E-state index in [0.29, 0.717) is 41.4 Å². The number of ether oxygens (including phenoxy) is 1. The highest BCUT2D eigenvalue weighted by atomic mass is 32.2. The summed E-state index contributed by atoms with van der Waals surface area (Å²) in [5.41, 5.74) is 8.37. The second-order valence-corrected chi connectivity index (χ2v) is 10.5. The van der Waals surface area contributed by atoms with E-state index in [0.717, 1.165) is 24.2 Å². The summed E-state index contributed by atoms with van der Waals surface area (Å²) in [5, 5.41) is 5.53. The zero-order valence-corrected chi connectivity index (χ0v) is 19.6. The molecule has 1 aliphatic rings. The highest BCUT2D eigenvalue weighted by molar-refractivity contribution is 7.89. The second-order valence-electron chi connectivity index (χ2n) is 8.24. The van der Waals surface area contributed by atoms with Crippen molar-refractivity contribution in [2.45, 2.75) is 25.8 Å². The van der Waals surface area contributed by atoms with E-state index in [1.807, 2.05) is 59.3 Å². The van der Waals surface area contributed by atoms with Crippen LogP contribution < -0.4 is 10.5 Å². The molecule has 1 atom stereocenters. The molecule has 1 aliphatic heterocycles. The fourth-order valence-corrected chi connectivity index (χ4v) is 5.48. The van der Waals surface area contributed by atoms with Crippen LogP contribution in [-0.4, -0.2) is 51.3 Å². The molecule has 2 N–H and O–H groups in total. The lowest BCUT2D eigenvalue weighted by atomic mass is 10.1. The number of nitrogens with two attached hydrogens (primary N) is 1. The lowest BCUT2D eigenvalue weighted by molar-refractivity contribution is 0.258. The first-order valence-electron chi connectivity index (χ1n) is 11.3. The number of nitrogen functional groups attached to an aromatic ring is 1. The zero-order chi connectivity index (χ0) is 23.7. The highest BCUT2D eigenvalue weighted by Crippen LogP contribution is 2.35. The molecule has 34 heavy (non-hydrogen) atoms. The maximum Gasteiger partial charge on any atom is 0.213 e. The Balaban J connectivity index is 1.50. The molecular weight excluding hydrogens is 452 g/mol. The number of nitrogens with zero attached hydrogens (tertiary/aromatic N) is 5. The molecule has 3 heterocycles. The molecule has 5 rings (SSSR count). The van der Waals surface area contributed by atoms with Crippen molar-refractivity contribution in [1.82, 2.24) is 24.1 Å². The molecule has 0 amide bonds. The van der Waals surface area contributed by atoms with E-state index >= 15 is 0 Å². The van der Waals surface area contributed by atoms with Crippen molar-refractivity contribution in [2.24, 2.45) is 0 Å². The van der Waals surface area contributed by atoms with Crippen LogP contribution in [0.5, 0.6) is 11.5 Å². The highest BCUT2D eigenvalue weighted by Gasteiger charge is 2.31. The van der Waals surface area contributed by atoms with Crippen LogP contribution in [0.2, 0.25) is 0 Å². The van der Waals surface area contributed by atoms with E-state index in [1.165, 1.54) is 6.33 Å². The average molecular weight is 479 g/mol. The largest absolute Gasteiger partial charge is 0.457 e. The molecule has 0 saturated carbocycles. The van der Waals surface area contributed by atoms with E-state index in [9.17, 15) is 8.42 Å². The van der Waals surface area contributed by atoms with Crippen molar-refractivity contribution in [1.29, 1.82) is 0 Å². The van der Waals surface area contributed by atoms with Gasteiger partial charge >= 0.3 is 0 Å². The molecule has 0 radical (unpaired) electrons. The summed E-state index contributed by atoms with van der Waals surface area (Å²) in [6.45, 7) is 2.55. The maximum absolute atomic E-state index is 12.5. The second kappa shape index (κ2) is 9.03. The zero-order valence-electron chi connectivity index (χ0n) is 18.8. The van der Waals surface area contributed by atoms with Gasteiger partial charge < -0.3 is 10.5 Å². The topological polar surface area (TPSA) is 116 Å². The van der Waals surface area contributed by atoms with Crippen molar-refractivity contribution in [2.75, 3.05) is 24.6 Å². The third kappa shape index (κ3) is 4.22. The monoisotopic (exact) mass is 478 g/mol. The number of hydrogen-bond acceptors (Lipinski definition) is 7. The van der Waals surface area contributed by atoms with Crippen LogP contribution in [0.15, 0.2) is 60.9 Å². The van der Waals surface area contributed by atoms with Gasteiger partial charge in [0.2, 0.25) is 10.0 Å². The van der Waals surface area contributed by atoms with Gasteiger partial charge in [0.25, 0.3) is 0 Å². The van der Waals surface area contributed by atoms with Crippen molar-refractivity contribution < 1.29 is 13.2 Å². The quantitative estimate of drug-likeness (QED) is 0.447. The van der Waals surface area contributed by atoms with Gasteiger partial charge in [-0.25, -0.2) is 23.1 Å². The van der Waals surface area contributed by atoms with E-state index < -0.39 is 10.0 Å². The van der Waals surface area contributed by atoms with Crippen LogP contribution in [0.3, 0.4) is 0 Å². The fourth-order valence-electron chi connectivity index (χ4n) is 4.31. The van der Waals surface area contributed by atoms with E-state index in [4.69, 9.17) is 15.6 Å². The number of aromatic nitrogens is 4. The van der Waals surface area contributed by atoms with Gasteiger partial charge in [0.15, 0.2) is 5.65 Å². The Morgan fingerprint density at radius 1 is 1.06 bits per heavy atom. The van der Waals surface area contributed by atoms with Crippen LogP contribution >= 0.6 is 0 Å². The Kier molecular flexibility index (Phi) is 5.93. The predicted molar refractivity (Wildman–Crippen MR) is 131 cm³/mol. The summed E-state index contributed by atoms with van der Waals surface area (Å²) in [6.07, 6.45) is 2.98. The Hall–Kier alpha value is -3.50. The van der Waals surface area contributed by atoms with Crippen molar-refractivity contribution in [3.05, 3.63) is 60.9 Å². The minimum atomic E-state index is -3.28. The van der Waals surface area contributed by atoms with Crippen LogP contribution in [0.4, 0.5) is 5.82 Å². The summed E-state index contributed by atoms with van der Waals surface area (Å²) in [7, 11) is -3.28. The Bertz CT molecular complexity index is 1400. The van der Waals surface area contributed by atoms with Crippen LogP contribution in [0.25, 0.3) is 22.3 Å². The molecule has 1 fully saturated rings. The summed E-state index contributed by atoms with van der Waals surface area (Å²) >= 11 is 0. The van der Waals surface area contributed by atoms with Crippen LogP contribution in [-0.2, 0) is 10.0 Å². The van der Waals surface area contributed by atoms with Gasteiger partial charge in [0.05, 0.1) is 17.2 Å². The average Bonchev–Trinajstić information content (AvgIpc) is 3.26. The number of hydrogen-bond donors (Lipinski definition) is 1. The number of fused-ring (bicyclic) bond motifs is 1. The minimum absolute atomic E-state index is 0.0807. The van der Waals surface area contributed by atoms with E-state index in [-0.39, 0.29) is 11.8 Å². The number of para-hydroxylation sites is 1. The SMILES string of the molecule is CCS(=O)(=O)N1CCCC(n2nc(-c3ccc(Oc4ccccc4)cc3)c3c(N)ncnc32)C1. The number of piperidine rings is 1. The summed E-state index contributed by atoms with van der Waals surface area (Å²) in [4.78, 5) is 8.64. The van der Waals surface area contributed by atoms with Gasteiger partial charge in [-0.05, 0) is 56.2 Å². The minimum Gasteiger partial charge on any atom is -0.457 e. The first kappa shape index (κ1) is 22.3. The number of benzene rings is 2. The third-order valence-electron chi connectivity index (χ3n) is 6.09. The third-order valence-corrected chi connectivity index (χ3v) is 7.94. The first-order chi connectivity index (χ1) is 16.5. The lowest BCUT2D eigenvalue weighted by Crippen LogP contribution is -2.41. The lowest BCUT2D eigenvalue weighted by Gasteiger charge is -2.31. The first-order valence-corrected chi connectivity index (χ1v) is 12.9. The van der Waals surface area contributed by atoms with E-state index in [1.54, 1.807) is 11.2 Å². The van der Waals surface area contributed by atoms with Crippen molar-refractivity contribution in [3.8, 4) is 22.8 Å². The standard InChI is InChI=1S/C24H26N6O3S/c1-2-34(31,32)29-14-6-7-18(15-29)30-24-21(23(25)26-16-27-24)22(28-30)17-10-12-20(13-11-17)33-19-8-4-3-5-9-19/h3-5,8-13,16,18H,2,6-7,14-15H2,1H3,(H2,25,26,27). The molecule has 2 aromatic heterocycles. The molecule has 176 valence electrons. The maximum atomic E-state index is 12.5. The molecule has 1 unspecified atom stereocenters. The van der Waals surface area contributed by atoms with Crippen molar-refractivity contribution >= 4 is 26.9 Å². The Morgan fingerprint density at radius 2 is 1.79 bits per heavy atom. The smallest absolute Gasteiger partial charge is 0.213 e. The van der Waals surface area contributed by atoms with Gasteiger partial charge in [-0.1, -0.05) is 18.2 Å². The summed E-state index contributed by atoms with van der Waals surface area (Å²) < 4.78 is 34.2. The van der Waals surface area contributed by atoms with Gasteiger partial charge in [-0.3, -0.25) is 0 Å². The molecule has 0 aliphatic carbocycles. The molecule has 10 heteroatoms. The molecule has 1 saturated heterocycles. The number of rotatable bonds is 6. The number of sulfonamides is 1. The van der Waals surface area contributed by atoms with Crippen LogP contribution in [0.1, 0.15) is 25.8 Å². The predicted octanol–water partition coefficient (Wildman–Crippen LogP) is 3.85. The molecular formula is C24H26N6O3S. The Morgan fingerprint density at radius 3 is 2.53 bits per heavy atom.